The third kappa shape index (κ3) is 4.28. The highest BCUT2D eigenvalue weighted by molar-refractivity contribution is 6.07. The monoisotopic (exact) mass is 389 g/mol. The summed E-state index contributed by atoms with van der Waals surface area (Å²) in [5, 5.41) is 3.92. The number of rotatable bonds is 7. The molecule has 0 aliphatic carbocycles. The normalized spacial score (nSPS) is 14.8. The summed E-state index contributed by atoms with van der Waals surface area (Å²) in [7, 11) is 4.67. The molecule has 3 rings (SSSR count). The summed E-state index contributed by atoms with van der Waals surface area (Å²) in [5.74, 6) is 0.717. The zero-order valence-electron chi connectivity index (χ0n) is 16.6. The zero-order chi connectivity index (χ0) is 20.1. The number of nitrogens with zero attached hydrogens (tertiary/aromatic N) is 2. The number of aryl methyl sites for hydroxylation is 1. The van der Waals surface area contributed by atoms with Crippen molar-refractivity contribution < 1.29 is 19.0 Å². The van der Waals surface area contributed by atoms with E-state index in [2.05, 4.69) is 10.2 Å². The van der Waals surface area contributed by atoms with Crippen LogP contribution in [0.5, 0.6) is 11.5 Å². The van der Waals surface area contributed by atoms with Crippen LogP contribution < -0.4 is 20.3 Å². The highest BCUT2D eigenvalue weighted by atomic mass is 16.5. The van der Waals surface area contributed by atoms with Crippen LogP contribution in [0.15, 0.2) is 23.1 Å². The minimum Gasteiger partial charge on any atom is -0.493 e. The Morgan fingerprint density at radius 2 is 1.79 bits per heavy atom. The van der Waals surface area contributed by atoms with E-state index in [1.807, 2.05) is 0 Å². The first kappa shape index (κ1) is 20.2. The van der Waals surface area contributed by atoms with Crippen molar-refractivity contribution in [2.45, 2.75) is 6.42 Å². The molecule has 1 amide bonds. The summed E-state index contributed by atoms with van der Waals surface area (Å²) >= 11 is 0. The third-order valence-corrected chi connectivity index (χ3v) is 4.97. The molecular formula is C20H27N3O5. The number of carbonyl (C=O) groups is 1. The van der Waals surface area contributed by atoms with Crippen LogP contribution in [0.2, 0.25) is 0 Å². The fourth-order valence-corrected chi connectivity index (χ4v) is 3.40. The lowest BCUT2D eigenvalue weighted by molar-refractivity contribution is 0.0374. The average molecular weight is 389 g/mol. The quantitative estimate of drug-likeness (QED) is 0.712. The Labute approximate surface area is 164 Å². The van der Waals surface area contributed by atoms with E-state index in [0.717, 1.165) is 39.3 Å². The number of morpholine rings is 1. The first-order chi connectivity index (χ1) is 13.5. The zero-order valence-corrected chi connectivity index (χ0v) is 16.6. The molecule has 1 aromatic heterocycles. The second-order valence-corrected chi connectivity index (χ2v) is 6.78. The number of hydrogen-bond acceptors (Lipinski definition) is 6. The molecule has 8 heteroatoms. The third-order valence-electron chi connectivity index (χ3n) is 4.97. The van der Waals surface area contributed by atoms with E-state index in [1.165, 1.54) is 18.8 Å². The van der Waals surface area contributed by atoms with Crippen molar-refractivity contribution in [3.05, 3.63) is 34.2 Å². The van der Waals surface area contributed by atoms with Crippen LogP contribution in [-0.2, 0) is 11.8 Å². The molecule has 1 fully saturated rings. The lowest BCUT2D eigenvalue weighted by Crippen LogP contribution is -2.38. The summed E-state index contributed by atoms with van der Waals surface area (Å²) in [6.45, 7) is 4.88. The predicted octanol–water partition coefficient (Wildman–Crippen LogP) is 1.01. The number of ether oxygens (including phenoxy) is 3. The van der Waals surface area contributed by atoms with Gasteiger partial charge in [0.2, 0.25) is 0 Å². The largest absolute Gasteiger partial charge is 0.493 e. The van der Waals surface area contributed by atoms with Crippen molar-refractivity contribution in [3.8, 4) is 11.5 Å². The minimum atomic E-state index is -0.213. The summed E-state index contributed by atoms with van der Waals surface area (Å²) in [6.07, 6.45) is 2.42. The first-order valence-electron chi connectivity index (χ1n) is 9.38. The molecule has 1 aliphatic heterocycles. The van der Waals surface area contributed by atoms with Gasteiger partial charge in [-0.25, -0.2) is 0 Å². The molecule has 1 N–H and O–H groups in total. The summed E-state index contributed by atoms with van der Waals surface area (Å²) in [5.41, 5.74) is 0.240. The molecule has 2 aromatic rings. The van der Waals surface area contributed by atoms with Crippen LogP contribution in [-0.4, -0.2) is 69.0 Å². The van der Waals surface area contributed by atoms with Gasteiger partial charge in [-0.3, -0.25) is 14.5 Å². The van der Waals surface area contributed by atoms with Crippen LogP contribution in [0.1, 0.15) is 16.8 Å². The maximum Gasteiger partial charge on any atom is 0.258 e. The predicted molar refractivity (Wildman–Crippen MR) is 107 cm³/mol. The van der Waals surface area contributed by atoms with Crippen molar-refractivity contribution in [1.29, 1.82) is 0 Å². The summed E-state index contributed by atoms with van der Waals surface area (Å²) in [4.78, 5) is 27.6. The van der Waals surface area contributed by atoms with Gasteiger partial charge in [0.25, 0.3) is 11.5 Å². The van der Waals surface area contributed by atoms with Crippen molar-refractivity contribution in [2.24, 2.45) is 7.05 Å². The Morgan fingerprint density at radius 3 is 2.43 bits per heavy atom. The van der Waals surface area contributed by atoms with Crippen LogP contribution in [0.25, 0.3) is 10.8 Å². The van der Waals surface area contributed by atoms with E-state index < -0.39 is 0 Å². The minimum absolute atomic E-state index is 0.195. The molecule has 152 valence electrons. The van der Waals surface area contributed by atoms with Crippen LogP contribution >= 0.6 is 0 Å². The van der Waals surface area contributed by atoms with Gasteiger partial charge in [-0.2, -0.15) is 0 Å². The number of carbonyl (C=O) groups excluding carboxylic acids is 1. The maximum absolute atomic E-state index is 12.8. The lowest BCUT2D eigenvalue weighted by Gasteiger charge is -2.26. The van der Waals surface area contributed by atoms with E-state index in [-0.39, 0.29) is 11.5 Å². The van der Waals surface area contributed by atoms with E-state index in [1.54, 1.807) is 25.4 Å². The second kappa shape index (κ2) is 9.07. The Morgan fingerprint density at radius 1 is 1.14 bits per heavy atom. The molecule has 2 heterocycles. The molecule has 8 nitrogen and oxygen atoms in total. The Hall–Kier alpha value is -2.58. The van der Waals surface area contributed by atoms with Crippen molar-refractivity contribution in [1.82, 2.24) is 14.8 Å². The number of benzene rings is 1. The molecule has 1 saturated heterocycles. The fourth-order valence-electron chi connectivity index (χ4n) is 3.40. The van der Waals surface area contributed by atoms with Gasteiger partial charge in [-0.1, -0.05) is 0 Å². The highest BCUT2D eigenvalue weighted by Gasteiger charge is 2.17. The number of amides is 1. The van der Waals surface area contributed by atoms with Gasteiger partial charge in [0.05, 0.1) is 38.4 Å². The van der Waals surface area contributed by atoms with Crippen LogP contribution in [0, 0.1) is 0 Å². The molecule has 0 unspecified atom stereocenters. The number of fused-ring (bicyclic) bond motifs is 1. The van der Waals surface area contributed by atoms with E-state index in [0.29, 0.717) is 34.4 Å². The number of nitrogens with one attached hydrogen (secondary N) is 1. The van der Waals surface area contributed by atoms with Gasteiger partial charge >= 0.3 is 0 Å². The standard InChI is InChI=1S/C20H27N3O5/c1-22-13-16(19(24)21-5-4-6-23-7-9-28-10-8-23)14-11-17(26-2)18(27-3)12-15(14)20(22)25/h11-13H,4-10H2,1-3H3,(H,21,24). The number of aromatic nitrogens is 1. The van der Waals surface area contributed by atoms with Gasteiger partial charge in [0, 0.05) is 38.3 Å². The van der Waals surface area contributed by atoms with Gasteiger partial charge in [-0.15, -0.1) is 0 Å². The molecule has 0 bridgehead atoms. The van der Waals surface area contributed by atoms with Crippen molar-refractivity contribution in [3.63, 3.8) is 0 Å². The summed E-state index contributed by atoms with van der Waals surface area (Å²) < 4.78 is 17.4. The Bertz CT molecular complexity index is 903. The highest BCUT2D eigenvalue weighted by Crippen LogP contribution is 2.32. The topological polar surface area (TPSA) is 82.0 Å². The van der Waals surface area contributed by atoms with E-state index >= 15 is 0 Å². The average Bonchev–Trinajstić information content (AvgIpc) is 2.73. The lowest BCUT2D eigenvalue weighted by atomic mass is 10.1. The van der Waals surface area contributed by atoms with E-state index in [4.69, 9.17) is 14.2 Å². The van der Waals surface area contributed by atoms with E-state index in [9.17, 15) is 9.59 Å². The Kier molecular flexibility index (Phi) is 6.53. The van der Waals surface area contributed by atoms with Gasteiger partial charge in [0.15, 0.2) is 11.5 Å². The van der Waals surface area contributed by atoms with Gasteiger partial charge in [0.1, 0.15) is 0 Å². The van der Waals surface area contributed by atoms with Crippen LogP contribution in [0.4, 0.5) is 0 Å². The number of pyridine rings is 1. The first-order valence-corrected chi connectivity index (χ1v) is 9.38. The molecule has 1 aliphatic rings. The van der Waals surface area contributed by atoms with Gasteiger partial charge in [-0.05, 0) is 25.1 Å². The molecule has 0 spiro atoms. The van der Waals surface area contributed by atoms with Crippen LogP contribution in [0.3, 0.4) is 0 Å². The molecule has 28 heavy (non-hydrogen) atoms. The SMILES string of the molecule is COc1cc2c(C(=O)NCCCN3CCOCC3)cn(C)c(=O)c2cc1OC. The maximum atomic E-state index is 12.8. The smallest absolute Gasteiger partial charge is 0.258 e. The van der Waals surface area contributed by atoms with Gasteiger partial charge < -0.3 is 24.1 Å². The molecule has 1 aromatic carbocycles. The second-order valence-electron chi connectivity index (χ2n) is 6.78. The molecule has 0 saturated carbocycles. The fraction of sp³-hybridized carbons (Fsp3) is 0.500. The number of methoxy groups -OCH3 is 2. The number of hydrogen-bond donors (Lipinski definition) is 1. The molecule has 0 radical (unpaired) electrons. The molecular weight excluding hydrogens is 362 g/mol. The van der Waals surface area contributed by atoms with Crippen molar-refractivity contribution >= 4 is 16.7 Å². The summed E-state index contributed by atoms with van der Waals surface area (Å²) in [6, 6.07) is 3.30. The van der Waals surface area contributed by atoms with Crippen molar-refractivity contribution in [2.75, 3.05) is 53.6 Å². The molecule has 0 atom stereocenters. The Balaban J connectivity index is 1.78.